The first-order valence-corrected chi connectivity index (χ1v) is 7.28. The first kappa shape index (κ1) is 15.2. The van der Waals surface area contributed by atoms with Gasteiger partial charge in [0.2, 0.25) is 5.95 Å². The van der Waals surface area contributed by atoms with Gasteiger partial charge >= 0.3 is 0 Å². The molecule has 0 amide bonds. The van der Waals surface area contributed by atoms with Gasteiger partial charge < -0.3 is 15.3 Å². The smallest absolute Gasteiger partial charge is 0.225 e. The summed E-state index contributed by atoms with van der Waals surface area (Å²) in [5.41, 5.74) is 0.533. The van der Waals surface area contributed by atoms with Gasteiger partial charge in [0.25, 0.3) is 0 Å². The second-order valence-corrected chi connectivity index (χ2v) is 7.02. The highest BCUT2D eigenvalue weighted by Gasteiger charge is 2.29. The molecule has 2 heterocycles. The van der Waals surface area contributed by atoms with Crippen LogP contribution in [0.25, 0.3) is 0 Å². The van der Waals surface area contributed by atoms with E-state index in [-0.39, 0.29) is 5.54 Å². The topological polar surface area (TPSA) is 61.3 Å². The summed E-state index contributed by atoms with van der Waals surface area (Å²) < 4.78 is 0. The zero-order chi connectivity index (χ0) is 14.8. The van der Waals surface area contributed by atoms with Crippen molar-refractivity contribution in [1.82, 2.24) is 15.3 Å². The molecule has 1 atom stereocenters. The highest BCUT2D eigenvalue weighted by atomic mass is 16.3. The van der Waals surface area contributed by atoms with Gasteiger partial charge in [0, 0.05) is 43.1 Å². The van der Waals surface area contributed by atoms with E-state index in [2.05, 4.69) is 41.0 Å². The molecule has 0 bridgehead atoms. The van der Waals surface area contributed by atoms with E-state index in [0.29, 0.717) is 12.5 Å². The van der Waals surface area contributed by atoms with Crippen molar-refractivity contribution >= 4 is 5.95 Å². The van der Waals surface area contributed by atoms with Crippen LogP contribution in [0.1, 0.15) is 46.1 Å². The average molecular weight is 278 g/mol. The van der Waals surface area contributed by atoms with E-state index in [1.807, 2.05) is 19.3 Å². The zero-order valence-corrected chi connectivity index (χ0v) is 13.0. The number of β-amino-alcohol motifs (C(OH)–C–C–N with tert-alkyl or cyclic N) is 1. The molecule has 2 rings (SSSR count). The van der Waals surface area contributed by atoms with E-state index in [4.69, 9.17) is 0 Å². The third-order valence-electron chi connectivity index (χ3n) is 3.47. The number of nitrogens with zero attached hydrogens (tertiary/aromatic N) is 3. The maximum absolute atomic E-state index is 10.1. The number of hydrogen-bond donors (Lipinski definition) is 2. The standard InChI is InChI=1S/C15H26N4O/c1-14(2,3)18-10-12-8-16-13(17-9-12)19-7-5-6-15(4,20)11-19/h8-9,18,20H,5-7,10-11H2,1-4H3. The zero-order valence-electron chi connectivity index (χ0n) is 13.0. The highest BCUT2D eigenvalue weighted by Crippen LogP contribution is 2.23. The normalized spacial score (nSPS) is 23.9. The Hall–Kier alpha value is -1.20. The summed E-state index contributed by atoms with van der Waals surface area (Å²) in [6, 6.07) is 0. The maximum atomic E-state index is 10.1. The van der Waals surface area contributed by atoms with Crippen LogP contribution < -0.4 is 10.2 Å². The second kappa shape index (κ2) is 5.66. The lowest BCUT2D eigenvalue weighted by Gasteiger charge is -2.36. The van der Waals surface area contributed by atoms with Crippen LogP contribution in [0.3, 0.4) is 0 Å². The van der Waals surface area contributed by atoms with Crippen LogP contribution >= 0.6 is 0 Å². The largest absolute Gasteiger partial charge is 0.388 e. The van der Waals surface area contributed by atoms with E-state index < -0.39 is 5.60 Å². The molecule has 0 aliphatic carbocycles. The molecule has 1 fully saturated rings. The monoisotopic (exact) mass is 278 g/mol. The molecule has 2 N–H and O–H groups in total. The fourth-order valence-corrected chi connectivity index (χ4v) is 2.36. The van der Waals surface area contributed by atoms with Crippen LogP contribution in [0.5, 0.6) is 0 Å². The average Bonchev–Trinajstić information content (AvgIpc) is 2.35. The molecule has 1 aliphatic rings. The summed E-state index contributed by atoms with van der Waals surface area (Å²) in [5, 5.41) is 13.5. The number of nitrogens with one attached hydrogen (secondary N) is 1. The van der Waals surface area contributed by atoms with Crippen LogP contribution in [0, 0.1) is 0 Å². The fraction of sp³-hybridized carbons (Fsp3) is 0.733. The van der Waals surface area contributed by atoms with Gasteiger partial charge in [-0.25, -0.2) is 9.97 Å². The number of rotatable bonds is 3. The van der Waals surface area contributed by atoms with Gasteiger partial charge in [-0.3, -0.25) is 0 Å². The number of hydrogen-bond acceptors (Lipinski definition) is 5. The van der Waals surface area contributed by atoms with Crippen molar-refractivity contribution in [2.45, 2.75) is 58.2 Å². The second-order valence-electron chi connectivity index (χ2n) is 7.02. The van der Waals surface area contributed by atoms with Gasteiger partial charge in [-0.05, 0) is 40.5 Å². The van der Waals surface area contributed by atoms with Gasteiger partial charge in [-0.1, -0.05) is 0 Å². The minimum atomic E-state index is -0.631. The van der Waals surface area contributed by atoms with Crippen molar-refractivity contribution < 1.29 is 5.11 Å². The van der Waals surface area contributed by atoms with Crippen LogP contribution in [-0.2, 0) is 6.54 Å². The molecular weight excluding hydrogens is 252 g/mol. The number of aliphatic hydroxyl groups is 1. The van der Waals surface area contributed by atoms with Crippen molar-refractivity contribution in [2.24, 2.45) is 0 Å². The molecule has 20 heavy (non-hydrogen) atoms. The van der Waals surface area contributed by atoms with E-state index in [9.17, 15) is 5.11 Å². The molecule has 0 saturated carbocycles. The lowest BCUT2D eigenvalue weighted by Crippen LogP contribution is -2.46. The summed E-state index contributed by atoms with van der Waals surface area (Å²) in [6.45, 7) is 10.6. The van der Waals surface area contributed by atoms with Gasteiger partial charge in [0.15, 0.2) is 0 Å². The Labute approximate surface area is 121 Å². The number of aromatic nitrogens is 2. The Balaban J connectivity index is 1.97. The van der Waals surface area contributed by atoms with E-state index >= 15 is 0 Å². The fourth-order valence-electron chi connectivity index (χ4n) is 2.36. The van der Waals surface area contributed by atoms with Gasteiger partial charge in [-0.2, -0.15) is 0 Å². The van der Waals surface area contributed by atoms with Crippen molar-refractivity contribution in [3.05, 3.63) is 18.0 Å². The molecule has 1 aromatic heterocycles. The Morgan fingerprint density at radius 1 is 1.35 bits per heavy atom. The predicted molar refractivity (Wildman–Crippen MR) is 80.7 cm³/mol. The Morgan fingerprint density at radius 2 is 2.00 bits per heavy atom. The summed E-state index contributed by atoms with van der Waals surface area (Å²) >= 11 is 0. The van der Waals surface area contributed by atoms with E-state index in [1.54, 1.807) is 0 Å². The minimum Gasteiger partial charge on any atom is -0.388 e. The SMILES string of the molecule is CC1(O)CCCN(c2ncc(CNC(C)(C)C)cn2)C1. The quantitative estimate of drug-likeness (QED) is 0.881. The minimum absolute atomic E-state index is 0.0875. The van der Waals surface area contributed by atoms with E-state index in [1.165, 1.54) is 0 Å². The van der Waals surface area contributed by atoms with Crippen molar-refractivity contribution in [1.29, 1.82) is 0 Å². The lowest BCUT2D eigenvalue weighted by molar-refractivity contribution is 0.0444. The van der Waals surface area contributed by atoms with Gasteiger partial charge in [0.05, 0.1) is 5.60 Å². The molecule has 1 aromatic rings. The predicted octanol–water partition coefficient (Wildman–Crippen LogP) is 1.72. The van der Waals surface area contributed by atoms with Crippen LogP contribution in [0.2, 0.25) is 0 Å². The third-order valence-corrected chi connectivity index (χ3v) is 3.47. The molecule has 0 radical (unpaired) electrons. The van der Waals surface area contributed by atoms with Crippen LogP contribution in [0.4, 0.5) is 5.95 Å². The van der Waals surface area contributed by atoms with Crippen LogP contribution in [-0.4, -0.2) is 39.3 Å². The molecule has 1 aliphatic heterocycles. The molecule has 112 valence electrons. The summed E-state index contributed by atoms with van der Waals surface area (Å²) in [6.07, 6.45) is 5.55. The maximum Gasteiger partial charge on any atom is 0.225 e. The van der Waals surface area contributed by atoms with Gasteiger partial charge in [0.1, 0.15) is 0 Å². The van der Waals surface area contributed by atoms with Crippen molar-refractivity contribution in [2.75, 3.05) is 18.0 Å². The van der Waals surface area contributed by atoms with Crippen molar-refractivity contribution in [3.63, 3.8) is 0 Å². The van der Waals surface area contributed by atoms with E-state index in [0.717, 1.165) is 31.5 Å². The summed E-state index contributed by atoms with van der Waals surface area (Å²) in [7, 11) is 0. The van der Waals surface area contributed by atoms with Crippen molar-refractivity contribution in [3.8, 4) is 0 Å². The highest BCUT2D eigenvalue weighted by molar-refractivity contribution is 5.31. The molecule has 5 heteroatoms. The Morgan fingerprint density at radius 3 is 2.55 bits per heavy atom. The first-order valence-electron chi connectivity index (χ1n) is 7.28. The number of piperidine rings is 1. The molecule has 0 aromatic carbocycles. The molecular formula is C15H26N4O. The lowest BCUT2D eigenvalue weighted by atomic mass is 9.95. The first-order chi connectivity index (χ1) is 9.25. The van der Waals surface area contributed by atoms with Crippen LogP contribution in [0.15, 0.2) is 12.4 Å². The molecule has 1 saturated heterocycles. The third kappa shape index (κ3) is 4.42. The van der Waals surface area contributed by atoms with Gasteiger partial charge in [-0.15, -0.1) is 0 Å². The summed E-state index contributed by atoms with van der Waals surface area (Å²) in [5.74, 6) is 0.712. The molecule has 0 spiro atoms. The molecule has 5 nitrogen and oxygen atoms in total. The molecule has 1 unspecified atom stereocenters. The number of anilines is 1. The summed E-state index contributed by atoms with van der Waals surface area (Å²) in [4.78, 5) is 10.9. The Kier molecular flexibility index (Phi) is 4.30. The Bertz CT molecular complexity index is 436.